The van der Waals surface area contributed by atoms with Gasteiger partial charge in [-0.2, -0.15) is 9.61 Å². The number of fused-ring (bicyclic) bond motifs is 1. The highest BCUT2D eigenvalue weighted by Gasteiger charge is 2.17. The first-order valence-corrected chi connectivity index (χ1v) is 7.89. The molecule has 8 nitrogen and oxygen atoms in total. The Bertz CT molecular complexity index is 1020. The molecule has 0 saturated heterocycles. The molecule has 3 heterocycles. The third kappa shape index (κ3) is 2.29. The largest absolute Gasteiger partial charge is 0.493 e. The van der Waals surface area contributed by atoms with E-state index in [4.69, 9.17) is 14.0 Å². The highest BCUT2D eigenvalue weighted by molar-refractivity contribution is 7.19. The van der Waals surface area contributed by atoms with Crippen molar-refractivity contribution in [3.05, 3.63) is 30.0 Å². The molecule has 0 aliphatic rings. The van der Waals surface area contributed by atoms with E-state index in [-0.39, 0.29) is 0 Å². The summed E-state index contributed by atoms with van der Waals surface area (Å²) < 4.78 is 17.4. The van der Waals surface area contributed by atoms with E-state index in [2.05, 4.69) is 20.5 Å². The fourth-order valence-electron chi connectivity index (χ4n) is 2.33. The van der Waals surface area contributed by atoms with Gasteiger partial charge in [0.15, 0.2) is 17.2 Å². The first-order valence-electron chi connectivity index (χ1n) is 7.08. The molecule has 0 atom stereocenters. The fraction of sp³-hybridized carbons (Fsp3) is 0.200. The lowest BCUT2D eigenvalue weighted by Crippen LogP contribution is -1.92. The van der Waals surface area contributed by atoms with E-state index < -0.39 is 0 Å². The smallest absolute Gasteiger partial charge is 0.235 e. The quantitative estimate of drug-likeness (QED) is 0.563. The second kappa shape index (κ2) is 5.60. The average molecular weight is 343 g/mol. The van der Waals surface area contributed by atoms with Crippen molar-refractivity contribution in [2.75, 3.05) is 14.2 Å². The summed E-state index contributed by atoms with van der Waals surface area (Å²) in [7, 11) is 3.21. The molecule has 4 aromatic rings. The Morgan fingerprint density at radius 1 is 1.08 bits per heavy atom. The summed E-state index contributed by atoms with van der Waals surface area (Å²) in [5.41, 5.74) is 1.51. The van der Waals surface area contributed by atoms with Crippen LogP contribution in [0.2, 0.25) is 0 Å². The lowest BCUT2D eigenvalue weighted by Gasteiger charge is -2.07. The molecular weight excluding hydrogens is 330 g/mol. The van der Waals surface area contributed by atoms with Crippen molar-refractivity contribution in [1.82, 2.24) is 25.0 Å². The van der Waals surface area contributed by atoms with Crippen LogP contribution in [0.3, 0.4) is 0 Å². The van der Waals surface area contributed by atoms with Gasteiger partial charge in [0.05, 0.1) is 14.2 Å². The van der Waals surface area contributed by atoms with Gasteiger partial charge in [0, 0.05) is 11.6 Å². The number of methoxy groups -OCH3 is 2. The van der Waals surface area contributed by atoms with Crippen molar-refractivity contribution in [2.24, 2.45) is 0 Å². The van der Waals surface area contributed by atoms with E-state index in [1.54, 1.807) is 24.8 Å². The number of hydrogen-bond acceptors (Lipinski definition) is 8. The molecule has 0 fully saturated rings. The van der Waals surface area contributed by atoms with Gasteiger partial charge in [-0.3, -0.25) is 0 Å². The first kappa shape index (κ1) is 14.6. The van der Waals surface area contributed by atoms with Crippen LogP contribution in [0.15, 0.2) is 28.8 Å². The molecule has 122 valence electrons. The van der Waals surface area contributed by atoms with Gasteiger partial charge in [0.2, 0.25) is 10.8 Å². The molecule has 0 amide bonds. The Kier molecular flexibility index (Phi) is 3.42. The van der Waals surface area contributed by atoms with Crippen molar-refractivity contribution in [3.8, 4) is 33.6 Å². The lowest BCUT2D eigenvalue weighted by atomic mass is 10.2. The van der Waals surface area contributed by atoms with Crippen LogP contribution in [-0.4, -0.2) is 39.2 Å². The van der Waals surface area contributed by atoms with Crippen molar-refractivity contribution in [2.45, 2.75) is 6.92 Å². The Morgan fingerprint density at radius 2 is 1.92 bits per heavy atom. The molecule has 3 aromatic heterocycles. The third-order valence-corrected chi connectivity index (χ3v) is 4.43. The Morgan fingerprint density at radius 3 is 2.62 bits per heavy atom. The van der Waals surface area contributed by atoms with Gasteiger partial charge in [-0.15, -0.1) is 10.2 Å². The molecule has 4 rings (SSSR count). The summed E-state index contributed by atoms with van der Waals surface area (Å²) in [6.45, 7) is 1.82. The highest BCUT2D eigenvalue weighted by Crippen LogP contribution is 2.34. The molecule has 0 aliphatic carbocycles. The topological polar surface area (TPSA) is 87.6 Å². The van der Waals surface area contributed by atoms with Gasteiger partial charge in [-0.05, 0) is 25.1 Å². The van der Waals surface area contributed by atoms with Crippen molar-refractivity contribution < 1.29 is 14.0 Å². The molecular formula is C15H13N5O3S. The second-order valence-corrected chi connectivity index (χ2v) is 5.97. The summed E-state index contributed by atoms with van der Waals surface area (Å²) >= 11 is 1.43. The maximum Gasteiger partial charge on any atom is 0.235 e. The zero-order valence-corrected chi connectivity index (χ0v) is 14.0. The van der Waals surface area contributed by atoms with E-state index >= 15 is 0 Å². The van der Waals surface area contributed by atoms with Crippen LogP contribution in [0.25, 0.3) is 27.1 Å². The molecule has 0 unspecified atom stereocenters. The number of nitrogens with zero attached hydrogens (tertiary/aromatic N) is 5. The fourth-order valence-corrected chi connectivity index (χ4v) is 3.17. The van der Waals surface area contributed by atoms with Crippen LogP contribution in [0, 0.1) is 6.92 Å². The second-order valence-electron chi connectivity index (χ2n) is 5.02. The first-order chi connectivity index (χ1) is 11.7. The average Bonchev–Trinajstić information content (AvgIpc) is 3.29. The standard InChI is InChI=1S/C15H13N5O3S/c1-8-6-10(19-23-8)13-16-17-15-20(13)18-14(24-15)9-4-5-11(21-2)12(7-9)22-3/h4-7H,1-3H3. The van der Waals surface area contributed by atoms with Gasteiger partial charge in [-0.1, -0.05) is 16.5 Å². The predicted molar refractivity (Wildman–Crippen MR) is 87.4 cm³/mol. The normalized spacial score (nSPS) is 11.1. The molecule has 0 aliphatic heterocycles. The van der Waals surface area contributed by atoms with Crippen LogP contribution in [-0.2, 0) is 0 Å². The number of hydrogen-bond donors (Lipinski definition) is 0. The van der Waals surface area contributed by atoms with Crippen LogP contribution >= 0.6 is 11.3 Å². The SMILES string of the molecule is COc1ccc(-c2nn3c(-c4cc(C)on4)nnc3s2)cc1OC. The van der Waals surface area contributed by atoms with Crippen LogP contribution in [0.5, 0.6) is 11.5 Å². The summed E-state index contributed by atoms with van der Waals surface area (Å²) in [4.78, 5) is 0.676. The molecule has 0 bridgehead atoms. The van der Waals surface area contributed by atoms with Crippen molar-refractivity contribution in [1.29, 1.82) is 0 Å². The van der Waals surface area contributed by atoms with E-state index in [0.29, 0.717) is 33.7 Å². The molecule has 0 saturated carbocycles. The molecule has 1 aromatic carbocycles. The van der Waals surface area contributed by atoms with Crippen LogP contribution < -0.4 is 9.47 Å². The maximum atomic E-state index is 5.34. The van der Waals surface area contributed by atoms with Gasteiger partial charge in [0.25, 0.3) is 0 Å². The van der Waals surface area contributed by atoms with Crippen LogP contribution in [0.4, 0.5) is 0 Å². The van der Waals surface area contributed by atoms with Crippen LogP contribution in [0.1, 0.15) is 5.76 Å². The Labute approximate surface area is 140 Å². The molecule has 24 heavy (non-hydrogen) atoms. The minimum Gasteiger partial charge on any atom is -0.493 e. The van der Waals surface area contributed by atoms with Gasteiger partial charge < -0.3 is 14.0 Å². The van der Waals surface area contributed by atoms with Gasteiger partial charge in [-0.25, -0.2) is 0 Å². The number of benzene rings is 1. The number of aryl methyl sites for hydroxylation is 1. The summed E-state index contributed by atoms with van der Waals surface area (Å²) in [5, 5.41) is 17.6. The number of ether oxygens (including phenoxy) is 2. The van der Waals surface area contributed by atoms with Crippen molar-refractivity contribution >= 4 is 16.3 Å². The summed E-state index contributed by atoms with van der Waals surface area (Å²) in [6, 6.07) is 7.45. The predicted octanol–water partition coefficient (Wildman–Crippen LogP) is 2.83. The monoisotopic (exact) mass is 343 g/mol. The minimum atomic E-state index is 0.546. The van der Waals surface area contributed by atoms with Gasteiger partial charge in [0.1, 0.15) is 10.8 Å². The molecule has 0 spiro atoms. The molecule has 0 N–H and O–H groups in total. The molecule has 0 radical (unpaired) electrons. The minimum absolute atomic E-state index is 0.546. The van der Waals surface area contributed by atoms with Crippen molar-refractivity contribution in [3.63, 3.8) is 0 Å². The summed E-state index contributed by atoms with van der Waals surface area (Å²) in [6.07, 6.45) is 0. The van der Waals surface area contributed by atoms with E-state index in [1.807, 2.05) is 25.1 Å². The maximum absolute atomic E-state index is 5.34. The third-order valence-electron chi connectivity index (χ3n) is 3.48. The zero-order chi connectivity index (χ0) is 16.7. The number of aromatic nitrogens is 5. The Hall–Kier alpha value is -2.94. The van der Waals surface area contributed by atoms with Gasteiger partial charge >= 0.3 is 0 Å². The molecule has 9 heteroatoms. The highest BCUT2D eigenvalue weighted by atomic mass is 32.1. The van der Waals surface area contributed by atoms with E-state index in [1.165, 1.54) is 11.3 Å². The van der Waals surface area contributed by atoms with E-state index in [0.717, 1.165) is 10.6 Å². The zero-order valence-electron chi connectivity index (χ0n) is 13.2. The van der Waals surface area contributed by atoms with E-state index in [9.17, 15) is 0 Å². The summed E-state index contributed by atoms with van der Waals surface area (Å²) in [5.74, 6) is 2.57. The lowest BCUT2D eigenvalue weighted by molar-refractivity contribution is 0.355. The number of rotatable bonds is 4. The Balaban J connectivity index is 1.80.